The summed E-state index contributed by atoms with van der Waals surface area (Å²) >= 11 is 3.49. The fourth-order valence-electron chi connectivity index (χ4n) is 2.23. The topological polar surface area (TPSA) is 38.0 Å². The van der Waals surface area contributed by atoms with Crippen LogP contribution in [0.1, 0.15) is 17.7 Å². The monoisotopic (exact) mass is 278 g/mol. The Bertz CT molecular complexity index is 548. The molecule has 1 aliphatic carbocycles. The van der Waals surface area contributed by atoms with Gasteiger partial charge in [0.1, 0.15) is 10.4 Å². The Morgan fingerprint density at radius 1 is 1.31 bits per heavy atom. The van der Waals surface area contributed by atoms with Crippen LogP contribution < -0.4 is 0 Å². The molecule has 0 spiro atoms. The van der Waals surface area contributed by atoms with E-state index in [9.17, 15) is 5.11 Å². The van der Waals surface area contributed by atoms with Gasteiger partial charge in [-0.05, 0) is 47.3 Å². The highest BCUT2D eigenvalue weighted by atomic mass is 79.9. The van der Waals surface area contributed by atoms with Crippen molar-refractivity contribution >= 4 is 15.9 Å². The van der Waals surface area contributed by atoms with Crippen LogP contribution in [0.15, 0.2) is 28.9 Å². The summed E-state index contributed by atoms with van der Waals surface area (Å²) in [5, 5.41) is 13.9. The molecule has 0 fully saturated rings. The Morgan fingerprint density at radius 3 is 3.00 bits per heavy atom. The van der Waals surface area contributed by atoms with Crippen molar-refractivity contribution in [3.63, 3.8) is 0 Å². The zero-order chi connectivity index (χ0) is 11.1. The van der Waals surface area contributed by atoms with Crippen LogP contribution in [-0.4, -0.2) is 14.9 Å². The van der Waals surface area contributed by atoms with Crippen LogP contribution in [-0.2, 0) is 12.8 Å². The van der Waals surface area contributed by atoms with Gasteiger partial charge < -0.3 is 5.11 Å². The molecule has 0 radical (unpaired) electrons. The standard InChI is InChI=1S/C12H11BrN2O/c13-12-10-5-2-6-11(10)15(14-12)8-3-1-4-9(16)7-8/h1,3-4,7,16H,2,5-6H2. The molecule has 1 aliphatic rings. The van der Waals surface area contributed by atoms with Crippen molar-refractivity contribution in [3.05, 3.63) is 40.1 Å². The number of rotatable bonds is 1. The molecule has 0 atom stereocenters. The second kappa shape index (κ2) is 3.63. The van der Waals surface area contributed by atoms with Crippen LogP contribution in [0.5, 0.6) is 5.75 Å². The molecular weight excluding hydrogens is 268 g/mol. The van der Waals surface area contributed by atoms with Gasteiger partial charge in [0, 0.05) is 17.3 Å². The molecular formula is C12H11BrN2O. The first-order valence-corrected chi connectivity index (χ1v) is 6.10. The van der Waals surface area contributed by atoms with Gasteiger partial charge in [0.15, 0.2) is 0 Å². The molecule has 1 N–H and O–H groups in total. The number of hydrogen-bond donors (Lipinski definition) is 1. The van der Waals surface area contributed by atoms with Crippen molar-refractivity contribution < 1.29 is 5.11 Å². The van der Waals surface area contributed by atoms with Gasteiger partial charge in [-0.1, -0.05) is 6.07 Å². The molecule has 0 bridgehead atoms. The van der Waals surface area contributed by atoms with E-state index < -0.39 is 0 Å². The number of phenolic OH excluding ortho intramolecular Hbond substituents is 1. The van der Waals surface area contributed by atoms with Crippen molar-refractivity contribution in [2.45, 2.75) is 19.3 Å². The molecule has 1 aromatic carbocycles. The average molecular weight is 279 g/mol. The molecule has 4 heteroatoms. The summed E-state index contributed by atoms with van der Waals surface area (Å²) in [6.07, 6.45) is 3.34. The Balaban J connectivity index is 2.17. The van der Waals surface area contributed by atoms with Gasteiger partial charge in [-0.2, -0.15) is 5.10 Å². The first kappa shape index (κ1) is 9.90. The number of fused-ring (bicyclic) bond motifs is 1. The zero-order valence-corrected chi connectivity index (χ0v) is 10.2. The van der Waals surface area contributed by atoms with Gasteiger partial charge in [0.05, 0.1) is 5.69 Å². The van der Waals surface area contributed by atoms with Crippen LogP contribution in [0.25, 0.3) is 5.69 Å². The third-order valence-electron chi connectivity index (χ3n) is 2.96. The smallest absolute Gasteiger partial charge is 0.132 e. The van der Waals surface area contributed by atoms with Crippen LogP contribution >= 0.6 is 15.9 Å². The lowest BCUT2D eigenvalue weighted by Gasteiger charge is -2.05. The first-order valence-electron chi connectivity index (χ1n) is 5.31. The fourth-order valence-corrected chi connectivity index (χ4v) is 2.82. The van der Waals surface area contributed by atoms with Crippen LogP contribution in [0.4, 0.5) is 0 Å². The third-order valence-corrected chi connectivity index (χ3v) is 3.59. The Hall–Kier alpha value is -1.29. The van der Waals surface area contributed by atoms with Crippen molar-refractivity contribution in [1.29, 1.82) is 0 Å². The van der Waals surface area contributed by atoms with Gasteiger partial charge in [-0.25, -0.2) is 4.68 Å². The first-order chi connectivity index (χ1) is 7.75. The molecule has 0 unspecified atom stereocenters. The second-order valence-electron chi connectivity index (χ2n) is 4.00. The van der Waals surface area contributed by atoms with E-state index in [2.05, 4.69) is 21.0 Å². The summed E-state index contributed by atoms with van der Waals surface area (Å²) in [6.45, 7) is 0. The largest absolute Gasteiger partial charge is 0.508 e. The van der Waals surface area contributed by atoms with Crippen molar-refractivity contribution in [1.82, 2.24) is 9.78 Å². The average Bonchev–Trinajstić information content (AvgIpc) is 2.83. The number of phenols is 1. The molecule has 0 saturated carbocycles. The molecule has 1 aromatic heterocycles. The van der Waals surface area contributed by atoms with E-state index in [-0.39, 0.29) is 5.75 Å². The maximum atomic E-state index is 9.48. The van der Waals surface area contributed by atoms with E-state index >= 15 is 0 Å². The van der Waals surface area contributed by atoms with Crippen molar-refractivity contribution in [2.24, 2.45) is 0 Å². The zero-order valence-electron chi connectivity index (χ0n) is 8.65. The van der Waals surface area contributed by atoms with Crippen LogP contribution in [0.3, 0.4) is 0 Å². The minimum atomic E-state index is 0.274. The number of nitrogens with zero attached hydrogens (tertiary/aromatic N) is 2. The summed E-state index contributed by atoms with van der Waals surface area (Å²) in [5.41, 5.74) is 3.49. The van der Waals surface area contributed by atoms with Gasteiger partial charge >= 0.3 is 0 Å². The highest BCUT2D eigenvalue weighted by Crippen LogP contribution is 2.31. The normalized spacial score (nSPS) is 14.1. The molecule has 82 valence electrons. The second-order valence-corrected chi connectivity index (χ2v) is 4.75. The fraction of sp³-hybridized carbons (Fsp3) is 0.250. The SMILES string of the molecule is Oc1cccc(-n2nc(Br)c3c2CCC3)c1. The third kappa shape index (κ3) is 1.45. The maximum absolute atomic E-state index is 9.48. The maximum Gasteiger partial charge on any atom is 0.132 e. The van der Waals surface area contributed by atoms with E-state index in [1.165, 1.54) is 17.7 Å². The molecule has 1 heterocycles. The number of benzene rings is 1. The highest BCUT2D eigenvalue weighted by molar-refractivity contribution is 9.10. The van der Waals surface area contributed by atoms with Gasteiger partial charge in [0.2, 0.25) is 0 Å². The summed E-state index contributed by atoms with van der Waals surface area (Å²) < 4.78 is 2.86. The van der Waals surface area contributed by atoms with Gasteiger partial charge in [0.25, 0.3) is 0 Å². The Morgan fingerprint density at radius 2 is 2.19 bits per heavy atom. The Kier molecular flexibility index (Phi) is 2.24. The molecule has 2 aromatic rings. The summed E-state index contributed by atoms with van der Waals surface area (Å²) in [4.78, 5) is 0. The lowest BCUT2D eigenvalue weighted by molar-refractivity contribution is 0.474. The van der Waals surface area contributed by atoms with Crippen molar-refractivity contribution in [2.75, 3.05) is 0 Å². The molecule has 0 amide bonds. The van der Waals surface area contributed by atoms with E-state index in [0.29, 0.717) is 0 Å². The summed E-state index contributed by atoms with van der Waals surface area (Å²) in [7, 11) is 0. The number of aromatic nitrogens is 2. The predicted molar refractivity (Wildman–Crippen MR) is 65.0 cm³/mol. The van der Waals surface area contributed by atoms with Crippen LogP contribution in [0, 0.1) is 0 Å². The molecule has 0 aliphatic heterocycles. The van der Waals surface area contributed by atoms with Crippen molar-refractivity contribution in [3.8, 4) is 11.4 Å². The van der Waals surface area contributed by atoms with Gasteiger partial charge in [-0.15, -0.1) is 0 Å². The summed E-state index contributed by atoms with van der Waals surface area (Å²) in [5.74, 6) is 0.274. The molecule has 3 nitrogen and oxygen atoms in total. The quantitative estimate of drug-likeness (QED) is 0.871. The predicted octanol–water partition coefficient (Wildman–Crippen LogP) is 2.83. The number of aromatic hydroxyl groups is 1. The van der Waals surface area contributed by atoms with Crippen LogP contribution in [0.2, 0.25) is 0 Å². The molecule has 16 heavy (non-hydrogen) atoms. The number of halogens is 1. The Labute approximate surface area is 102 Å². The summed E-state index contributed by atoms with van der Waals surface area (Å²) in [6, 6.07) is 7.19. The minimum Gasteiger partial charge on any atom is -0.508 e. The lowest BCUT2D eigenvalue weighted by Crippen LogP contribution is -2.00. The van der Waals surface area contributed by atoms with E-state index in [0.717, 1.165) is 23.1 Å². The van der Waals surface area contributed by atoms with E-state index in [1.807, 2.05) is 16.8 Å². The van der Waals surface area contributed by atoms with Gasteiger partial charge in [-0.3, -0.25) is 0 Å². The lowest BCUT2D eigenvalue weighted by atomic mass is 10.2. The minimum absolute atomic E-state index is 0.274. The number of hydrogen-bond acceptors (Lipinski definition) is 2. The van der Waals surface area contributed by atoms with E-state index in [1.54, 1.807) is 12.1 Å². The van der Waals surface area contributed by atoms with E-state index in [4.69, 9.17) is 0 Å². The molecule has 3 rings (SSSR count). The highest BCUT2D eigenvalue weighted by Gasteiger charge is 2.21. The molecule has 0 saturated heterocycles.